The van der Waals surface area contributed by atoms with Gasteiger partial charge in [0.05, 0.1) is 27.0 Å². The summed E-state index contributed by atoms with van der Waals surface area (Å²) in [4.78, 5) is 25.7. The van der Waals surface area contributed by atoms with Gasteiger partial charge in [-0.25, -0.2) is 9.97 Å². The van der Waals surface area contributed by atoms with Crippen LogP contribution in [0.3, 0.4) is 0 Å². The molecule has 0 spiro atoms. The summed E-state index contributed by atoms with van der Waals surface area (Å²) in [7, 11) is 4.69. The molecule has 1 aromatic heterocycles. The normalized spacial score (nSPS) is 13.7. The third-order valence-electron chi connectivity index (χ3n) is 5.74. The van der Waals surface area contributed by atoms with E-state index in [4.69, 9.17) is 14.2 Å². The summed E-state index contributed by atoms with van der Waals surface area (Å²) in [5.74, 6) is 2.43. The Labute approximate surface area is 199 Å². The number of rotatable bonds is 7. The van der Waals surface area contributed by atoms with Gasteiger partial charge in [0.15, 0.2) is 11.5 Å². The molecule has 1 aliphatic heterocycles. The fraction of sp³-hybridized carbons (Fsp3) is 0.269. The Morgan fingerprint density at radius 1 is 0.882 bits per heavy atom. The molecule has 176 valence electrons. The maximum atomic E-state index is 12.8. The molecular formula is C26H28N4O4. The van der Waals surface area contributed by atoms with Crippen molar-refractivity contribution in [2.45, 2.75) is 0 Å². The summed E-state index contributed by atoms with van der Waals surface area (Å²) in [5.41, 5.74) is 2.73. The third kappa shape index (κ3) is 5.11. The Balaban J connectivity index is 1.39. The molecule has 1 saturated heterocycles. The number of amides is 1. The first-order chi connectivity index (χ1) is 16.6. The van der Waals surface area contributed by atoms with Crippen molar-refractivity contribution in [3.05, 3.63) is 66.5 Å². The fourth-order valence-electron chi connectivity index (χ4n) is 3.91. The topological polar surface area (TPSA) is 77.0 Å². The van der Waals surface area contributed by atoms with Crippen molar-refractivity contribution >= 4 is 17.8 Å². The molecule has 3 aromatic rings. The lowest BCUT2D eigenvalue weighted by molar-refractivity contribution is -0.126. The summed E-state index contributed by atoms with van der Waals surface area (Å²) < 4.78 is 16.1. The van der Waals surface area contributed by atoms with Gasteiger partial charge in [-0.15, -0.1) is 0 Å². The van der Waals surface area contributed by atoms with E-state index in [2.05, 4.69) is 14.9 Å². The van der Waals surface area contributed by atoms with Crippen LogP contribution >= 0.6 is 0 Å². The van der Waals surface area contributed by atoms with E-state index in [1.807, 2.05) is 53.4 Å². The lowest BCUT2D eigenvalue weighted by Gasteiger charge is -2.35. The quantitative estimate of drug-likeness (QED) is 0.499. The molecule has 8 nitrogen and oxygen atoms in total. The maximum absolute atomic E-state index is 12.8. The second-order valence-electron chi connectivity index (χ2n) is 7.73. The molecule has 8 heteroatoms. The maximum Gasteiger partial charge on any atom is 0.246 e. The van der Waals surface area contributed by atoms with Crippen molar-refractivity contribution in [1.82, 2.24) is 14.9 Å². The molecule has 0 atom stereocenters. The number of anilines is 1. The van der Waals surface area contributed by atoms with Crippen molar-refractivity contribution in [2.75, 3.05) is 52.4 Å². The highest BCUT2D eigenvalue weighted by molar-refractivity contribution is 5.92. The lowest BCUT2D eigenvalue weighted by atomic mass is 10.1. The Morgan fingerprint density at radius 2 is 1.56 bits per heavy atom. The number of nitrogens with zero attached hydrogens (tertiary/aromatic N) is 4. The first-order valence-corrected chi connectivity index (χ1v) is 11.0. The van der Waals surface area contributed by atoms with Crippen LogP contribution in [0.1, 0.15) is 5.56 Å². The smallest absolute Gasteiger partial charge is 0.246 e. The zero-order chi connectivity index (χ0) is 23.9. The zero-order valence-corrected chi connectivity index (χ0v) is 19.6. The van der Waals surface area contributed by atoms with Crippen LogP contribution in [0.25, 0.3) is 17.3 Å². The van der Waals surface area contributed by atoms with E-state index in [0.717, 1.165) is 22.6 Å². The van der Waals surface area contributed by atoms with Crippen LogP contribution in [-0.4, -0.2) is 68.3 Å². The van der Waals surface area contributed by atoms with Gasteiger partial charge >= 0.3 is 0 Å². The first kappa shape index (κ1) is 23.1. The predicted octanol–water partition coefficient (Wildman–Crippen LogP) is 3.53. The molecule has 1 amide bonds. The molecule has 0 unspecified atom stereocenters. The second-order valence-corrected chi connectivity index (χ2v) is 7.73. The number of carbonyl (C=O) groups excluding carboxylic acids is 1. The number of methoxy groups -OCH3 is 3. The molecule has 0 bridgehead atoms. The second kappa shape index (κ2) is 10.7. The van der Waals surface area contributed by atoms with Gasteiger partial charge in [-0.1, -0.05) is 30.3 Å². The van der Waals surface area contributed by atoms with E-state index < -0.39 is 0 Å². The van der Waals surface area contributed by atoms with Gasteiger partial charge in [-0.3, -0.25) is 4.79 Å². The standard InChI is InChI=1S/C26H28N4O4/c1-32-22-15-19(16-23(33-2)26(22)34-3)9-10-25(31)30-13-11-29(12-14-30)24-17-21(27-18-28-24)20-7-5-4-6-8-20/h4-10,15-18H,11-14H2,1-3H3/b10-9-. The van der Waals surface area contributed by atoms with Gasteiger partial charge in [-0.2, -0.15) is 0 Å². The molecule has 2 heterocycles. The number of hydrogen-bond donors (Lipinski definition) is 0. The molecular weight excluding hydrogens is 432 g/mol. The lowest BCUT2D eigenvalue weighted by Crippen LogP contribution is -2.48. The van der Waals surface area contributed by atoms with Gasteiger partial charge in [0.1, 0.15) is 12.1 Å². The number of carbonyl (C=O) groups is 1. The minimum atomic E-state index is -0.0407. The number of hydrogen-bond acceptors (Lipinski definition) is 7. The molecule has 2 aromatic carbocycles. The van der Waals surface area contributed by atoms with Crippen LogP contribution in [0.4, 0.5) is 5.82 Å². The molecule has 0 radical (unpaired) electrons. The molecule has 0 N–H and O–H groups in total. The predicted molar refractivity (Wildman–Crippen MR) is 131 cm³/mol. The van der Waals surface area contributed by atoms with Gasteiger partial charge in [0, 0.05) is 43.9 Å². The first-order valence-electron chi connectivity index (χ1n) is 11.0. The van der Waals surface area contributed by atoms with Gasteiger partial charge in [0.25, 0.3) is 0 Å². The highest BCUT2D eigenvalue weighted by atomic mass is 16.5. The van der Waals surface area contributed by atoms with E-state index in [-0.39, 0.29) is 5.91 Å². The highest BCUT2D eigenvalue weighted by Crippen LogP contribution is 2.38. The average molecular weight is 461 g/mol. The molecule has 1 aliphatic rings. The number of benzene rings is 2. The molecule has 4 rings (SSSR count). The van der Waals surface area contributed by atoms with Gasteiger partial charge < -0.3 is 24.0 Å². The Hall–Kier alpha value is -4.07. The monoisotopic (exact) mass is 460 g/mol. The number of piperazine rings is 1. The van der Waals surface area contributed by atoms with E-state index in [1.54, 1.807) is 39.8 Å². The van der Waals surface area contributed by atoms with Crippen molar-refractivity contribution < 1.29 is 19.0 Å². The van der Waals surface area contributed by atoms with E-state index in [1.165, 1.54) is 0 Å². The number of aromatic nitrogens is 2. The third-order valence-corrected chi connectivity index (χ3v) is 5.74. The summed E-state index contributed by atoms with van der Waals surface area (Å²) in [6.45, 7) is 2.64. The van der Waals surface area contributed by atoms with Gasteiger partial charge in [0.2, 0.25) is 11.7 Å². The zero-order valence-electron chi connectivity index (χ0n) is 19.6. The molecule has 34 heavy (non-hydrogen) atoms. The van der Waals surface area contributed by atoms with Crippen molar-refractivity contribution in [1.29, 1.82) is 0 Å². The minimum Gasteiger partial charge on any atom is -0.493 e. The van der Waals surface area contributed by atoms with Crippen LogP contribution in [0.5, 0.6) is 17.2 Å². The fourth-order valence-corrected chi connectivity index (χ4v) is 3.91. The van der Waals surface area contributed by atoms with Crippen LogP contribution < -0.4 is 19.1 Å². The SMILES string of the molecule is COc1cc(/C=C\C(=O)N2CCN(c3cc(-c4ccccc4)ncn3)CC2)cc(OC)c1OC. The summed E-state index contributed by atoms with van der Waals surface area (Å²) >= 11 is 0. The number of ether oxygens (including phenoxy) is 3. The van der Waals surface area contributed by atoms with E-state index >= 15 is 0 Å². The Bertz CT molecular complexity index is 1130. The average Bonchev–Trinajstić information content (AvgIpc) is 2.91. The minimum absolute atomic E-state index is 0.0407. The van der Waals surface area contributed by atoms with Crippen LogP contribution in [0.2, 0.25) is 0 Å². The highest BCUT2D eigenvalue weighted by Gasteiger charge is 2.21. The largest absolute Gasteiger partial charge is 0.493 e. The summed E-state index contributed by atoms with van der Waals surface area (Å²) in [5, 5.41) is 0. The van der Waals surface area contributed by atoms with E-state index in [0.29, 0.717) is 43.4 Å². The van der Waals surface area contributed by atoms with Crippen LogP contribution in [0, 0.1) is 0 Å². The van der Waals surface area contributed by atoms with Crippen LogP contribution in [0.15, 0.2) is 60.9 Å². The molecule has 1 fully saturated rings. The van der Waals surface area contributed by atoms with Crippen molar-refractivity contribution in [3.8, 4) is 28.5 Å². The molecule has 0 aliphatic carbocycles. The van der Waals surface area contributed by atoms with Gasteiger partial charge in [-0.05, 0) is 23.8 Å². The Morgan fingerprint density at radius 3 is 2.18 bits per heavy atom. The summed E-state index contributed by atoms with van der Waals surface area (Å²) in [6, 6.07) is 15.6. The Kier molecular flexibility index (Phi) is 7.27. The van der Waals surface area contributed by atoms with Crippen molar-refractivity contribution in [3.63, 3.8) is 0 Å². The molecule has 0 saturated carbocycles. The van der Waals surface area contributed by atoms with Crippen LogP contribution in [-0.2, 0) is 4.79 Å². The summed E-state index contributed by atoms with van der Waals surface area (Å²) in [6.07, 6.45) is 4.93. The van der Waals surface area contributed by atoms with E-state index in [9.17, 15) is 4.79 Å². The van der Waals surface area contributed by atoms with Crippen molar-refractivity contribution in [2.24, 2.45) is 0 Å².